The van der Waals surface area contributed by atoms with Crippen molar-refractivity contribution in [3.05, 3.63) is 29.8 Å². The summed E-state index contributed by atoms with van der Waals surface area (Å²) in [7, 11) is 6.21. The molecule has 1 aromatic carbocycles. The van der Waals surface area contributed by atoms with E-state index in [0.29, 0.717) is 6.04 Å². The molecule has 0 heterocycles. The molecule has 1 atom stereocenters. The minimum Gasteiger partial charge on any atom is -0.412 e. The van der Waals surface area contributed by atoms with Crippen LogP contribution in [0.2, 0.25) is 0 Å². The van der Waals surface area contributed by atoms with Crippen molar-refractivity contribution in [1.82, 2.24) is 4.90 Å². The third kappa shape index (κ3) is 6.54. The van der Waals surface area contributed by atoms with Gasteiger partial charge in [-0.3, -0.25) is 0 Å². The van der Waals surface area contributed by atoms with Crippen LogP contribution >= 0.6 is 0 Å². The molecule has 0 aliphatic heterocycles. The number of hydrogen-bond donors (Lipinski definition) is 1. The van der Waals surface area contributed by atoms with Gasteiger partial charge in [-0.1, -0.05) is 29.7 Å². The van der Waals surface area contributed by atoms with Gasteiger partial charge >= 0.3 is 0 Å². The van der Waals surface area contributed by atoms with Gasteiger partial charge in [0, 0.05) is 24.6 Å². The molecule has 0 amide bonds. The van der Waals surface area contributed by atoms with E-state index >= 15 is 0 Å². The average Bonchev–Trinajstić information content (AvgIpc) is 2.21. The Morgan fingerprint density at radius 2 is 1.72 bits per heavy atom. The fourth-order valence-corrected chi connectivity index (χ4v) is 1.56. The highest BCUT2D eigenvalue weighted by molar-refractivity contribution is 6.32. The van der Waals surface area contributed by atoms with Crippen molar-refractivity contribution in [2.45, 2.75) is 25.8 Å². The summed E-state index contributed by atoms with van der Waals surface area (Å²) in [5, 5.41) is 7.98. The van der Waals surface area contributed by atoms with E-state index in [1.54, 1.807) is 0 Å². The van der Waals surface area contributed by atoms with Crippen LogP contribution in [0.4, 0.5) is 0 Å². The first-order valence-electron chi connectivity index (χ1n) is 5.77. The minimum absolute atomic E-state index is 0. The summed E-state index contributed by atoms with van der Waals surface area (Å²) in [5.74, 6) is 0. The van der Waals surface area contributed by atoms with Gasteiger partial charge in [-0.2, -0.15) is 0 Å². The summed E-state index contributed by atoms with van der Waals surface area (Å²) in [5.41, 5.74) is 3.32. The van der Waals surface area contributed by atoms with E-state index in [-0.39, 0.29) is 11.0 Å². The summed E-state index contributed by atoms with van der Waals surface area (Å²) >= 11 is 0. The van der Waals surface area contributed by atoms with Crippen molar-refractivity contribution >= 4 is 19.0 Å². The van der Waals surface area contributed by atoms with Crippen molar-refractivity contribution in [2.24, 2.45) is 0 Å². The SMILES string of the molecule is Bc1ccc(CC(=N)C[C@H](C)N(C)C)cc1.O.O. The molecular weight excluding hydrogens is 227 g/mol. The highest BCUT2D eigenvalue weighted by Gasteiger charge is 2.08. The maximum atomic E-state index is 7.98. The monoisotopic (exact) mass is 252 g/mol. The maximum Gasteiger partial charge on any atom is 0.139 e. The summed E-state index contributed by atoms with van der Waals surface area (Å²) in [6.45, 7) is 2.16. The molecular formula is C13H25BN2O2. The van der Waals surface area contributed by atoms with Crippen molar-refractivity contribution in [3.63, 3.8) is 0 Å². The van der Waals surface area contributed by atoms with Crippen LogP contribution in [0.3, 0.4) is 0 Å². The zero-order valence-corrected chi connectivity index (χ0v) is 11.7. The van der Waals surface area contributed by atoms with Gasteiger partial charge in [-0.05, 0) is 26.6 Å². The van der Waals surface area contributed by atoms with Gasteiger partial charge in [0.25, 0.3) is 0 Å². The van der Waals surface area contributed by atoms with E-state index < -0.39 is 0 Å². The maximum absolute atomic E-state index is 7.98. The molecule has 5 N–H and O–H groups in total. The second-order valence-corrected chi connectivity index (χ2v) is 4.78. The van der Waals surface area contributed by atoms with E-state index in [1.165, 1.54) is 11.0 Å². The largest absolute Gasteiger partial charge is 0.412 e. The molecule has 0 saturated carbocycles. The summed E-state index contributed by atoms with van der Waals surface area (Å²) in [6, 6.07) is 8.89. The fourth-order valence-electron chi connectivity index (χ4n) is 1.56. The van der Waals surface area contributed by atoms with Gasteiger partial charge in [0.05, 0.1) is 0 Å². The normalized spacial score (nSPS) is 11.3. The molecule has 1 rings (SSSR count). The van der Waals surface area contributed by atoms with Crippen LogP contribution in [0.5, 0.6) is 0 Å². The van der Waals surface area contributed by atoms with Crippen LogP contribution < -0.4 is 5.46 Å². The number of nitrogens with one attached hydrogen (secondary N) is 1. The second-order valence-electron chi connectivity index (χ2n) is 4.78. The van der Waals surface area contributed by atoms with Gasteiger partial charge in [0.1, 0.15) is 7.85 Å². The van der Waals surface area contributed by atoms with E-state index in [2.05, 4.69) is 58.0 Å². The van der Waals surface area contributed by atoms with Crippen molar-refractivity contribution in [2.75, 3.05) is 14.1 Å². The lowest BCUT2D eigenvalue weighted by molar-refractivity contribution is 0.320. The average molecular weight is 252 g/mol. The Hall–Kier alpha value is -1.17. The molecule has 0 radical (unpaired) electrons. The van der Waals surface area contributed by atoms with Crippen molar-refractivity contribution in [3.8, 4) is 0 Å². The zero-order chi connectivity index (χ0) is 12.1. The Balaban J connectivity index is 0. The molecule has 0 unspecified atom stereocenters. The molecule has 0 aliphatic rings. The summed E-state index contributed by atoms with van der Waals surface area (Å²) in [4.78, 5) is 2.16. The lowest BCUT2D eigenvalue weighted by Crippen LogP contribution is -2.27. The summed E-state index contributed by atoms with van der Waals surface area (Å²) in [6.07, 6.45) is 1.62. The molecule has 5 heteroatoms. The molecule has 0 spiro atoms. The minimum atomic E-state index is 0. The Bertz CT molecular complexity index is 353. The van der Waals surface area contributed by atoms with Crippen LogP contribution in [-0.4, -0.2) is 49.5 Å². The molecule has 1 aromatic rings. The number of nitrogens with zero attached hydrogens (tertiary/aromatic N) is 1. The number of hydrogen-bond acceptors (Lipinski definition) is 2. The van der Waals surface area contributed by atoms with Crippen LogP contribution in [0.15, 0.2) is 24.3 Å². The van der Waals surface area contributed by atoms with Crippen LogP contribution in [0.1, 0.15) is 18.9 Å². The summed E-state index contributed by atoms with van der Waals surface area (Å²) < 4.78 is 0. The Morgan fingerprint density at radius 3 is 2.17 bits per heavy atom. The third-order valence-corrected chi connectivity index (χ3v) is 2.96. The predicted molar refractivity (Wildman–Crippen MR) is 81.0 cm³/mol. The molecule has 18 heavy (non-hydrogen) atoms. The van der Waals surface area contributed by atoms with Gasteiger partial charge < -0.3 is 21.3 Å². The van der Waals surface area contributed by atoms with E-state index in [1.807, 2.05) is 0 Å². The predicted octanol–water partition coefficient (Wildman–Crippen LogP) is -0.802. The highest BCUT2D eigenvalue weighted by Crippen LogP contribution is 2.05. The fraction of sp³-hybridized carbons (Fsp3) is 0.462. The lowest BCUT2D eigenvalue weighted by Gasteiger charge is -2.19. The van der Waals surface area contributed by atoms with E-state index in [9.17, 15) is 0 Å². The van der Waals surface area contributed by atoms with Crippen LogP contribution in [0.25, 0.3) is 0 Å². The molecule has 0 fully saturated rings. The topological polar surface area (TPSA) is 90.1 Å². The smallest absolute Gasteiger partial charge is 0.139 e. The van der Waals surface area contributed by atoms with Crippen LogP contribution in [0, 0.1) is 5.41 Å². The molecule has 4 nitrogen and oxygen atoms in total. The van der Waals surface area contributed by atoms with Gasteiger partial charge in [-0.25, -0.2) is 0 Å². The quantitative estimate of drug-likeness (QED) is 0.539. The first-order valence-corrected chi connectivity index (χ1v) is 5.77. The first kappa shape index (κ1) is 19.2. The van der Waals surface area contributed by atoms with E-state index in [0.717, 1.165) is 18.6 Å². The zero-order valence-electron chi connectivity index (χ0n) is 11.7. The van der Waals surface area contributed by atoms with Gasteiger partial charge in [0.2, 0.25) is 0 Å². The second kappa shape index (κ2) is 8.86. The first-order chi connectivity index (χ1) is 7.49. The van der Waals surface area contributed by atoms with E-state index in [4.69, 9.17) is 5.41 Å². The van der Waals surface area contributed by atoms with Gasteiger partial charge in [-0.15, -0.1) is 0 Å². The van der Waals surface area contributed by atoms with Gasteiger partial charge in [0.15, 0.2) is 0 Å². The van der Waals surface area contributed by atoms with Crippen molar-refractivity contribution in [1.29, 1.82) is 5.41 Å². The molecule has 0 aromatic heterocycles. The molecule has 0 bridgehead atoms. The number of benzene rings is 1. The Kier molecular flexibility index (Phi) is 9.44. The standard InChI is InChI=1S/C13H21BN2.2H2O/c1-10(16(2)3)8-13(15)9-11-4-6-12(14)7-5-11;;/h4-7,10,15H,8-9,14H2,1-3H3;2*1H2/t10-;;/m0../s1. The number of rotatable bonds is 5. The Labute approximate surface area is 111 Å². The Morgan fingerprint density at radius 1 is 1.22 bits per heavy atom. The van der Waals surface area contributed by atoms with Crippen LogP contribution in [-0.2, 0) is 6.42 Å². The molecule has 0 saturated heterocycles. The third-order valence-electron chi connectivity index (χ3n) is 2.96. The lowest BCUT2D eigenvalue weighted by atomic mass is 9.94. The molecule has 102 valence electrons. The highest BCUT2D eigenvalue weighted by atomic mass is 16.0. The molecule has 0 aliphatic carbocycles. The van der Waals surface area contributed by atoms with Crippen molar-refractivity contribution < 1.29 is 11.0 Å².